The van der Waals surface area contributed by atoms with Crippen LogP contribution in [0.15, 0.2) is 48.5 Å². The third-order valence-electron chi connectivity index (χ3n) is 3.06. The van der Waals surface area contributed by atoms with Crippen LogP contribution in [-0.2, 0) is 16.0 Å². The molecule has 2 aromatic carbocycles. The molecule has 0 radical (unpaired) electrons. The first-order valence-electron chi connectivity index (χ1n) is 6.74. The Morgan fingerprint density at radius 3 is 2.41 bits per heavy atom. The van der Waals surface area contributed by atoms with Crippen molar-refractivity contribution in [2.75, 3.05) is 6.61 Å². The van der Waals surface area contributed by atoms with Crippen molar-refractivity contribution in [1.82, 2.24) is 0 Å². The molecule has 0 amide bonds. The summed E-state index contributed by atoms with van der Waals surface area (Å²) in [5.74, 6) is -0.767. The van der Waals surface area contributed by atoms with Crippen LogP contribution in [0.25, 0.3) is 0 Å². The molecular weight excluding hydrogens is 323 g/mol. The summed E-state index contributed by atoms with van der Waals surface area (Å²) in [6.07, 6.45) is 0.807. The molecule has 0 saturated heterocycles. The number of hydrogen-bond donors (Lipinski definition) is 0. The predicted octanol–water partition coefficient (Wildman–Crippen LogP) is 4.35. The maximum atomic E-state index is 12.0. The number of esters is 1. The van der Waals surface area contributed by atoms with E-state index in [-0.39, 0.29) is 23.8 Å². The molecule has 3 nitrogen and oxygen atoms in total. The maximum Gasteiger partial charge on any atom is 0.306 e. The summed E-state index contributed by atoms with van der Waals surface area (Å²) in [6, 6.07) is 14.2. The van der Waals surface area contributed by atoms with Gasteiger partial charge in [-0.2, -0.15) is 0 Å². The van der Waals surface area contributed by atoms with E-state index in [9.17, 15) is 9.59 Å². The average molecular weight is 337 g/mol. The number of Topliss-reactive ketones (excluding diaryl/α,β-unsaturated/α-hetero) is 1. The molecule has 0 unspecified atom stereocenters. The number of halogens is 2. The van der Waals surface area contributed by atoms with Crippen molar-refractivity contribution in [3.8, 4) is 0 Å². The van der Waals surface area contributed by atoms with Crippen LogP contribution in [0.1, 0.15) is 22.3 Å². The largest absolute Gasteiger partial charge is 0.457 e. The van der Waals surface area contributed by atoms with E-state index in [1.54, 1.807) is 6.07 Å². The number of hydrogen-bond acceptors (Lipinski definition) is 3. The molecule has 0 aliphatic rings. The highest BCUT2D eigenvalue weighted by Crippen LogP contribution is 2.21. The number of aryl methyl sites for hydroxylation is 1. The topological polar surface area (TPSA) is 43.4 Å². The third kappa shape index (κ3) is 4.86. The lowest BCUT2D eigenvalue weighted by molar-refractivity contribution is -0.142. The van der Waals surface area contributed by atoms with Gasteiger partial charge < -0.3 is 4.74 Å². The number of rotatable bonds is 6. The molecule has 0 fully saturated rings. The van der Waals surface area contributed by atoms with Gasteiger partial charge in [-0.25, -0.2) is 0 Å². The van der Waals surface area contributed by atoms with E-state index < -0.39 is 5.97 Å². The smallest absolute Gasteiger partial charge is 0.306 e. The van der Waals surface area contributed by atoms with Crippen molar-refractivity contribution in [2.24, 2.45) is 0 Å². The lowest BCUT2D eigenvalue weighted by atomic mass is 10.1. The van der Waals surface area contributed by atoms with Gasteiger partial charge in [-0.3, -0.25) is 9.59 Å². The number of ketones is 1. The Labute approximate surface area is 138 Å². The quantitative estimate of drug-likeness (QED) is 0.581. The van der Waals surface area contributed by atoms with Gasteiger partial charge in [-0.15, -0.1) is 0 Å². The zero-order valence-electron chi connectivity index (χ0n) is 11.7. The molecule has 0 atom stereocenters. The lowest BCUT2D eigenvalue weighted by Gasteiger charge is -2.06. The zero-order valence-corrected chi connectivity index (χ0v) is 13.2. The van der Waals surface area contributed by atoms with Gasteiger partial charge in [0.25, 0.3) is 0 Å². The monoisotopic (exact) mass is 336 g/mol. The Hall–Kier alpha value is -1.84. The molecule has 0 aliphatic carbocycles. The minimum absolute atomic E-state index is 0.228. The number of carbonyl (C=O) groups is 2. The highest BCUT2D eigenvalue weighted by Gasteiger charge is 2.13. The SMILES string of the molecule is O=C(CCc1ccccc1)OCC(=O)c1ccc(Cl)cc1Cl. The van der Waals surface area contributed by atoms with Crippen LogP contribution in [0.5, 0.6) is 0 Å². The average Bonchev–Trinajstić information content (AvgIpc) is 2.51. The maximum absolute atomic E-state index is 12.0. The molecule has 2 aromatic rings. The molecule has 0 N–H and O–H groups in total. The first-order valence-corrected chi connectivity index (χ1v) is 7.49. The van der Waals surface area contributed by atoms with Crippen LogP contribution in [0.4, 0.5) is 0 Å². The fraction of sp³-hybridized carbons (Fsp3) is 0.176. The first kappa shape index (κ1) is 16.5. The standard InChI is InChI=1S/C17H14Cl2O3/c18-13-7-8-14(15(19)10-13)16(20)11-22-17(21)9-6-12-4-2-1-3-5-12/h1-5,7-8,10H,6,9,11H2. The minimum Gasteiger partial charge on any atom is -0.457 e. The van der Waals surface area contributed by atoms with Gasteiger partial charge >= 0.3 is 5.97 Å². The van der Waals surface area contributed by atoms with Gasteiger partial charge in [0.05, 0.1) is 5.02 Å². The van der Waals surface area contributed by atoms with Gasteiger partial charge in [0.15, 0.2) is 6.61 Å². The molecule has 0 aliphatic heterocycles. The Balaban J connectivity index is 1.82. The molecule has 0 heterocycles. The van der Waals surface area contributed by atoms with Gasteiger partial charge in [0, 0.05) is 17.0 Å². The lowest BCUT2D eigenvalue weighted by Crippen LogP contribution is -2.14. The summed E-state index contributed by atoms with van der Waals surface area (Å²) in [6.45, 7) is -0.324. The Bertz CT molecular complexity index is 669. The van der Waals surface area contributed by atoms with E-state index in [1.165, 1.54) is 12.1 Å². The minimum atomic E-state index is -0.415. The highest BCUT2D eigenvalue weighted by molar-refractivity contribution is 6.36. The Morgan fingerprint density at radius 2 is 1.73 bits per heavy atom. The molecule has 0 aromatic heterocycles. The highest BCUT2D eigenvalue weighted by atomic mass is 35.5. The van der Waals surface area contributed by atoms with Crippen LogP contribution in [0.2, 0.25) is 10.0 Å². The van der Waals surface area contributed by atoms with Crippen molar-refractivity contribution in [3.05, 3.63) is 69.7 Å². The predicted molar refractivity (Wildman–Crippen MR) is 86.5 cm³/mol. The van der Waals surface area contributed by atoms with Crippen molar-refractivity contribution >= 4 is 35.0 Å². The second-order valence-electron chi connectivity index (χ2n) is 4.69. The Kier molecular flexibility index (Phi) is 5.99. The van der Waals surface area contributed by atoms with Crippen molar-refractivity contribution < 1.29 is 14.3 Å². The summed E-state index contributed by atoms with van der Waals surface area (Å²) in [5, 5.41) is 0.694. The second kappa shape index (κ2) is 7.97. The molecule has 2 rings (SSSR count). The van der Waals surface area contributed by atoms with Crippen LogP contribution in [0.3, 0.4) is 0 Å². The Morgan fingerprint density at radius 1 is 1.00 bits per heavy atom. The molecule has 0 spiro atoms. The number of carbonyl (C=O) groups excluding carboxylic acids is 2. The van der Waals surface area contributed by atoms with E-state index in [0.29, 0.717) is 17.0 Å². The molecule has 0 saturated carbocycles. The first-order chi connectivity index (χ1) is 10.6. The number of benzene rings is 2. The van der Waals surface area contributed by atoms with E-state index in [0.717, 1.165) is 5.56 Å². The summed E-state index contributed by atoms with van der Waals surface area (Å²) >= 11 is 11.7. The van der Waals surface area contributed by atoms with Gasteiger partial charge in [0.1, 0.15) is 0 Å². The van der Waals surface area contributed by atoms with Gasteiger partial charge in [0.2, 0.25) is 5.78 Å². The third-order valence-corrected chi connectivity index (χ3v) is 3.60. The number of ether oxygens (including phenoxy) is 1. The van der Waals surface area contributed by atoms with Crippen LogP contribution in [-0.4, -0.2) is 18.4 Å². The zero-order chi connectivity index (χ0) is 15.9. The van der Waals surface area contributed by atoms with E-state index in [1.807, 2.05) is 30.3 Å². The summed E-state index contributed by atoms with van der Waals surface area (Å²) < 4.78 is 4.99. The molecule has 114 valence electrons. The van der Waals surface area contributed by atoms with Crippen molar-refractivity contribution in [3.63, 3.8) is 0 Å². The van der Waals surface area contributed by atoms with Crippen molar-refractivity contribution in [1.29, 1.82) is 0 Å². The van der Waals surface area contributed by atoms with Gasteiger partial charge in [-0.05, 0) is 30.2 Å². The fourth-order valence-electron chi connectivity index (χ4n) is 1.90. The summed E-state index contributed by atoms with van der Waals surface area (Å²) in [5.41, 5.74) is 1.34. The van der Waals surface area contributed by atoms with Gasteiger partial charge in [-0.1, -0.05) is 53.5 Å². The molecule has 0 bridgehead atoms. The van der Waals surface area contributed by atoms with E-state index >= 15 is 0 Å². The van der Waals surface area contributed by atoms with Crippen molar-refractivity contribution in [2.45, 2.75) is 12.8 Å². The molecular formula is C17H14Cl2O3. The molecule has 5 heteroatoms. The molecule has 22 heavy (non-hydrogen) atoms. The van der Waals surface area contributed by atoms with Crippen LogP contribution < -0.4 is 0 Å². The van der Waals surface area contributed by atoms with E-state index in [4.69, 9.17) is 27.9 Å². The normalized spacial score (nSPS) is 10.3. The fourth-order valence-corrected chi connectivity index (χ4v) is 2.42. The van der Waals surface area contributed by atoms with E-state index in [2.05, 4.69) is 0 Å². The second-order valence-corrected chi connectivity index (χ2v) is 5.54. The van der Waals surface area contributed by atoms with Crippen LogP contribution >= 0.6 is 23.2 Å². The summed E-state index contributed by atoms with van der Waals surface area (Å²) in [4.78, 5) is 23.6. The summed E-state index contributed by atoms with van der Waals surface area (Å²) in [7, 11) is 0. The van der Waals surface area contributed by atoms with Crippen LogP contribution in [0, 0.1) is 0 Å².